The van der Waals surface area contributed by atoms with Crippen molar-refractivity contribution in [3.05, 3.63) is 30.1 Å². The summed E-state index contributed by atoms with van der Waals surface area (Å²) in [6.07, 6.45) is 0.688. The zero-order valence-corrected chi connectivity index (χ0v) is 20.6. The van der Waals surface area contributed by atoms with Gasteiger partial charge in [0.15, 0.2) is 6.10 Å². The molecule has 1 aliphatic rings. The highest BCUT2D eigenvalue weighted by atomic mass is 16.7. The number of hydrogen-bond acceptors (Lipinski definition) is 8. The Morgan fingerprint density at radius 1 is 1.15 bits per heavy atom. The molecule has 1 aromatic heterocycles. The van der Waals surface area contributed by atoms with Crippen molar-refractivity contribution in [3.63, 3.8) is 0 Å². The van der Waals surface area contributed by atoms with Gasteiger partial charge in [0.2, 0.25) is 6.29 Å². The highest BCUT2D eigenvalue weighted by Crippen LogP contribution is 2.23. The molecule has 0 aromatic carbocycles. The van der Waals surface area contributed by atoms with E-state index in [1.54, 1.807) is 34.0 Å². The van der Waals surface area contributed by atoms with E-state index in [4.69, 9.17) is 14.2 Å². The van der Waals surface area contributed by atoms with Crippen LogP contribution in [0.5, 0.6) is 0 Å². The second-order valence-corrected chi connectivity index (χ2v) is 8.58. The number of aromatic nitrogens is 1. The third kappa shape index (κ3) is 7.71. The third-order valence-corrected chi connectivity index (χ3v) is 5.49. The highest BCUT2D eigenvalue weighted by Gasteiger charge is 2.41. The van der Waals surface area contributed by atoms with Gasteiger partial charge >= 0.3 is 18.0 Å². The van der Waals surface area contributed by atoms with Crippen molar-refractivity contribution in [1.82, 2.24) is 14.8 Å². The molecule has 34 heavy (non-hydrogen) atoms. The lowest BCUT2D eigenvalue weighted by molar-refractivity contribution is -0.176. The summed E-state index contributed by atoms with van der Waals surface area (Å²) in [6.45, 7) is 7.40. The number of nitrogens with zero attached hydrogens (tertiary/aromatic N) is 3. The van der Waals surface area contributed by atoms with Gasteiger partial charge in [0.25, 0.3) is 5.91 Å². The number of pyridine rings is 1. The second-order valence-electron chi connectivity index (χ2n) is 8.58. The molecule has 0 radical (unpaired) electrons. The van der Waals surface area contributed by atoms with Crippen LogP contribution in [0.2, 0.25) is 0 Å². The largest absolute Gasteiger partial charge is 0.452 e. The summed E-state index contributed by atoms with van der Waals surface area (Å²) < 4.78 is 15.9. The smallest absolute Gasteiger partial charge is 0.412 e. The minimum atomic E-state index is -1.13. The molecule has 10 nitrogen and oxygen atoms in total. The zero-order valence-electron chi connectivity index (χ0n) is 20.6. The molecule has 0 saturated carbocycles. The number of likely N-dealkylation sites (N-methyl/N-ethyl adjacent to an activating group) is 1. The average molecular weight is 478 g/mol. The van der Waals surface area contributed by atoms with Crippen molar-refractivity contribution in [3.8, 4) is 0 Å². The van der Waals surface area contributed by atoms with Crippen molar-refractivity contribution in [1.29, 1.82) is 0 Å². The second kappa shape index (κ2) is 12.9. The van der Waals surface area contributed by atoms with Gasteiger partial charge in [-0.2, -0.15) is 0 Å². The number of carbonyl (C=O) groups excluding carboxylic acids is 4. The normalized spacial score (nSPS) is 17.1. The van der Waals surface area contributed by atoms with Gasteiger partial charge in [-0.25, -0.2) is 9.59 Å². The molecular weight excluding hydrogens is 442 g/mol. The van der Waals surface area contributed by atoms with E-state index >= 15 is 0 Å². The van der Waals surface area contributed by atoms with Crippen LogP contribution in [0.3, 0.4) is 0 Å². The number of ether oxygens (including phenoxy) is 3. The Balaban J connectivity index is 1.89. The first-order valence-electron chi connectivity index (χ1n) is 11.7. The van der Waals surface area contributed by atoms with Crippen LogP contribution in [0.4, 0.5) is 4.79 Å². The van der Waals surface area contributed by atoms with Crippen LogP contribution >= 0.6 is 0 Å². The maximum atomic E-state index is 13.0. The number of hydrogen-bond donors (Lipinski definition) is 0. The first-order chi connectivity index (χ1) is 16.1. The van der Waals surface area contributed by atoms with Gasteiger partial charge in [-0.05, 0) is 30.9 Å². The van der Waals surface area contributed by atoms with Crippen LogP contribution in [-0.2, 0) is 35.0 Å². The fraction of sp³-hybridized carbons (Fsp3) is 0.625. The fourth-order valence-corrected chi connectivity index (χ4v) is 3.55. The maximum Gasteiger partial charge on any atom is 0.412 e. The Hall–Kier alpha value is -3.17. The van der Waals surface area contributed by atoms with Gasteiger partial charge in [-0.1, -0.05) is 26.8 Å². The van der Waals surface area contributed by atoms with Crippen LogP contribution in [0, 0.1) is 5.92 Å². The van der Waals surface area contributed by atoms with Gasteiger partial charge in [0.1, 0.15) is 6.04 Å². The minimum Gasteiger partial charge on any atom is -0.452 e. The van der Waals surface area contributed by atoms with Crippen molar-refractivity contribution >= 4 is 23.9 Å². The molecule has 1 saturated heterocycles. The highest BCUT2D eigenvalue weighted by molar-refractivity contribution is 5.89. The molecule has 0 aliphatic carbocycles. The van der Waals surface area contributed by atoms with E-state index in [1.807, 2.05) is 18.2 Å². The summed E-state index contributed by atoms with van der Waals surface area (Å²) in [4.78, 5) is 56.9. The van der Waals surface area contributed by atoms with Gasteiger partial charge in [-0.15, -0.1) is 0 Å². The van der Waals surface area contributed by atoms with Crippen LogP contribution < -0.4 is 0 Å². The SMILES string of the molecule is CCC(=O)O[C@H](C(=O)N1CCCC1C(=O)OC(C)OC(=O)N(C)CCc1ccccn1)C(C)C. The average Bonchev–Trinajstić information content (AvgIpc) is 3.30. The van der Waals surface area contributed by atoms with Gasteiger partial charge in [0, 0.05) is 51.8 Å². The molecule has 1 aromatic rings. The standard InChI is InChI=1S/C24H35N3O7/c1-6-20(28)34-21(16(2)3)22(29)27-14-9-11-19(27)23(30)32-17(4)33-24(31)26(5)15-12-18-10-7-8-13-25-18/h7-8,10,13,16-17,19,21H,6,9,11-12,14-15H2,1-5H3/t17?,19?,21-/m0/s1. The number of likely N-dealkylation sites (tertiary alicyclic amines) is 1. The topological polar surface area (TPSA) is 115 Å². The van der Waals surface area contributed by atoms with E-state index in [9.17, 15) is 19.2 Å². The molecule has 2 heterocycles. The predicted molar refractivity (Wildman–Crippen MR) is 122 cm³/mol. The molecule has 10 heteroatoms. The Morgan fingerprint density at radius 2 is 1.88 bits per heavy atom. The van der Waals surface area contributed by atoms with Crippen LogP contribution in [-0.4, -0.2) is 77.3 Å². The van der Waals surface area contributed by atoms with Gasteiger partial charge in [0.05, 0.1) is 0 Å². The Labute approximate surface area is 200 Å². The molecule has 2 unspecified atom stereocenters. The fourth-order valence-electron chi connectivity index (χ4n) is 3.55. The van der Waals surface area contributed by atoms with E-state index in [0.717, 1.165) is 5.69 Å². The zero-order chi connectivity index (χ0) is 25.3. The first kappa shape index (κ1) is 27.1. The lowest BCUT2D eigenvalue weighted by atomic mass is 10.1. The molecular formula is C24H35N3O7. The van der Waals surface area contributed by atoms with E-state index in [2.05, 4.69) is 4.98 Å². The summed E-state index contributed by atoms with van der Waals surface area (Å²) >= 11 is 0. The summed E-state index contributed by atoms with van der Waals surface area (Å²) in [5.41, 5.74) is 0.844. The molecule has 0 spiro atoms. The molecule has 1 fully saturated rings. The molecule has 188 valence electrons. The molecule has 2 amide bonds. The lowest BCUT2D eigenvalue weighted by Gasteiger charge is -2.29. The summed E-state index contributed by atoms with van der Waals surface area (Å²) in [6, 6.07) is 4.73. The van der Waals surface area contributed by atoms with E-state index in [1.165, 1.54) is 16.7 Å². The predicted octanol–water partition coefficient (Wildman–Crippen LogP) is 2.55. The Bertz CT molecular complexity index is 846. The number of rotatable bonds is 10. The molecule has 1 aliphatic heterocycles. The van der Waals surface area contributed by atoms with Crippen molar-refractivity contribution < 1.29 is 33.4 Å². The van der Waals surface area contributed by atoms with E-state index in [-0.39, 0.29) is 12.3 Å². The number of amides is 2. The molecule has 0 bridgehead atoms. The molecule has 2 rings (SSSR count). The molecule has 0 N–H and O–H groups in total. The Morgan fingerprint density at radius 3 is 2.50 bits per heavy atom. The monoisotopic (exact) mass is 477 g/mol. The first-order valence-corrected chi connectivity index (χ1v) is 11.7. The van der Waals surface area contributed by atoms with Crippen molar-refractivity contribution in [2.24, 2.45) is 5.92 Å². The molecule has 3 atom stereocenters. The number of carbonyl (C=O) groups is 4. The minimum absolute atomic E-state index is 0.154. The Kier molecular flexibility index (Phi) is 10.3. The summed E-state index contributed by atoms with van der Waals surface area (Å²) in [5, 5.41) is 0. The third-order valence-electron chi connectivity index (χ3n) is 5.49. The lowest BCUT2D eigenvalue weighted by Crippen LogP contribution is -2.49. The van der Waals surface area contributed by atoms with Crippen LogP contribution in [0.1, 0.15) is 52.7 Å². The van der Waals surface area contributed by atoms with E-state index < -0.39 is 42.4 Å². The quantitative estimate of drug-likeness (QED) is 0.373. The van der Waals surface area contributed by atoms with Crippen molar-refractivity contribution in [2.45, 2.75) is 71.8 Å². The number of esters is 2. The van der Waals surface area contributed by atoms with Gasteiger partial charge < -0.3 is 24.0 Å². The maximum absolute atomic E-state index is 13.0. The van der Waals surface area contributed by atoms with E-state index in [0.29, 0.717) is 32.4 Å². The van der Waals surface area contributed by atoms with Crippen molar-refractivity contribution in [2.75, 3.05) is 20.1 Å². The summed E-state index contributed by atoms with van der Waals surface area (Å²) in [5.74, 6) is -1.80. The van der Waals surface area contributed by atoms with Gasteiger partial charge in [-0.3, -0.25) is 14.6 Å². The summed E-state index contributed by atoms with van der Waals surface area (Å²) in [7, 11) is 1.58. The van der Waals surface area contributed by atoms with Crippen LogP contribution in [0.15, 0.2) is 24.4 Å². The van der Waals surface area contributed by atoms with Crippen LogP contribution in [0.25, 0.3) is 0 Å².